The van der Waals surface area contributed by atoms with E-state index in [2.05, 4.69) is 60.7 Å². The minimum Gasteiger partial charge on any atom is -0.456 e. The van der Waals surface area contributed by atoms with Gasteiger partial charge in [0.05, 0.1) is 0 Å². The van der Waals surface area contributed by atoms with Crippen molar-refractivity contribution in [3.63, 3.8) is 0 Å². The van der Waals surface area contributed by atoms with Crippen molar-refractivity contribution in [2.75, 3.05) is 0 Å². The minimum absolute atomic E-state index is 0.586. The highest BCUT2D eigenvalue weighted by Gasteiger charge is 2.24. The van der Waals surface area contributed by atoms with Crippen LogP contribution in [0.2, 0.25) is 0 Å². The average molecular weight is 616 g/mol. The second-order valence-electron chi connectivity index (χ2n) is 11.9. The molecule has 0 N–H and O–H groups in total. The van der Waals surface area contributed by atoms with Crippen LogP contribution in [-0.4, -0.2) is 15.0 Å². The number of nitrogens with zero attached hydrogens (tertiary/aromatic N) is 3. The highest BCUT2D eigenvalue weighted by atomic mass is 16.3. The van der Waals surface area contributed by atoms with E-state index < -0.39 is 0 Å². The van der Waals surface area contributed by atoms with E-state index in [4.69, 9.17) is 23.8 Å². The molecule has 0 fully saturated rings. The molecular weight excluding hydrogens is 590 g/mol. The van der Waals surface area contributed by atoms with E-state index in [9.17, 15) is 0 Å². The molecule has 0 aliphatic heterocycles. The molecule has 5 heteroatoms. The van der Waals surface area contributed by atoms with Crippen molar-refractivity contribution in [1.29, 1.82) is 0 Å². The summed E-state index contributed by atoms with van der Waals surface area (Å²) in [6.45, 7) is 0. The van der Waals surface area contributed by atoms with Gasteiger partial charge in [0.2, 0.25) is 0 Å². The van der Waals surface area contributed by atoms with Gasteiger partial charge in [-0.1, -0.05) is 121 Å². The quantitative estimate of drug-likeness (QED) is 0.197. The van der Waals surface area contributed by atoms with Crippen LogP contribution in [0.5, 0.6) is 0 Å². The third kappa shape index (κ3) is 4.08. The van der Waals surface area contributed by atoms with Crippen molar-refractivity contribution in [3.8, 4) is 45.3 Å². The topological polar surface area (TPSA) is 65.0 Å². The molecule has 224 valence electrons. The van der Waals surface area contributed by atoms with E-state index in [1.54, 1.807) is 0 Å². The highest BCUT2D eigenvalue weighted by molar-refractivity contribution is 6.25. The molecule has 0 atom stereocenters. The Bertz CT molecular complexity index is 2780. The summed E-state index contributed by atoms with van der Waals surface area (Å²) < 4.78 is 13.3. The highest BCUT2D eigenvalue weighted by Crippen LogP contribution is 2.47. The number of rotatable bonds is 4. The lowest BCUT2D eigenvalue weighted by atomic mass is 9.91. The molecule has 10 rings (SSSR count). The minimum atomic E-state index is 0.586. The molecule has 3 heterocycles. The fraction of sp³-hybridized carbons (Fsp3) is 0. The lowest BCUT2D eigenvalue weighted by Gasteiger charge is -2.13. The summed E-state index contributed by atoms with van der Waals surface area (Å²) in [6.07, 6.45) is 0. The summed E-state index contributed by atoms with van der Waals surface area (Å²) >= 11 is 0. The Labute approximate surface area is 274 Å². The molecule has 0 aliphatic rings. The SMILES string of the molecule is c1ccc(-c2nc(-c3ccccc3)nc(-c3ccc(-c4c5ccccc5cc5oc6ccccc6c45)c4oc5ccccc5c34)n2)cc1. The second kappa shape index (κ2) is 10.5. The number of aromatic nitrogens is 3. The van der Waals surface area contributed by atoms with Crippen LogP contribution in [-0.2, 0) is 0 Å². The summed E-state index contributed by atoms with van der Waals surface area (Å²) in [5.41, 5.74) is 8.07. The van der Waals surface area contributed by atoms with E-state index in [0.717, 1.165) is 82.5 Å². The van der Waals surface area contributed by atoms with Crippen LogP contribution in [0.25, 0.3) is 99.9 Å². The molecule has 0 saturated carbocycles. The third-order valence-electron chi connectivity index (χ3n) is 9.13. The van der Waals surface area contributed by atoms with E-state index in [1.165, 1.54) is 0 Å². The molecule has 7 aromatic carbocycles. The van der Waals surface area contributed by atoms with Gasteiger partial charge in [-0.3, -0.25) is 0 Å². The van der Waals surface area contributed by atoms with Gasteiger partial charge >= 0.3 is 0 Å². The molecule has 0 aliphatic carbocycles. The molecule has 3 aromatic heterocycles. The predicted octanol–water partition coefficient (Wildman–Crippen LogP) is 11.5. The third-order valence-corrected chi connectivity index (χ3v) is 9.13. The van der Waals surface area contributed by atoms with Gasteiger partial charge in [0.15, 0.2) is 17.5 Å². The van der Waals surface area contributed by atoms with Crippen molar-refractivity contribution in [1.82, 2.24) is 15.0 Å². The average Bonchev–Trinajstić information content (AvgIpc) is 3.73. The first-order valence-corrected chi connectivity index (χ1v) is 15.9. The van der Waals surface area contributed by atoms with Gasteiger partial charge < -0.3 is 8.83 Å². The molecule has 0 radical (unpaired) electrons. The van der Waals surface area contributed by atoms with Crippen LogP contribution in [0.3, 0.4) is 0 Å². The zero-order chi connectivity index (χ0) is 31.6. The fourth-order valence-corrected chi connectivity index (χ4v) is 6.97. The number of hydrogen-bond donors (Lipinski definition) is 0. The van der Waals surface area contributed by atoms with Crippen molar-refractivity contribution in [3.05, 3.63) is 152 Å². The van der Waals surface area contributed by atoms with Gasteiger partial charge in [0.1, 0.15) is 22.3 Å². The van der Waals surface area contributed by atoms with Crippen molar-refractivity contribution in [2.24, 2.45) is 0 Å². The maximum atomic E-state index is 6.81. The molecule has 48 heavy (non-hydrogen) atoms. The fourth-order valence-electron chi connectivity index (χ4n) is 6.97. The Balaban J connectivity index is 1.32. The van der Waals surface area contributed by atoms with E-state index in [0.29, 0.717) is 17.5 Å². The number of benzene rings is 7. The van der Waals surface area contributed by atoms with Gasteiger partial charge in [-0.2, -0.15) is 0 Å². The summed E-state index contributed by atoms with van der Waals surface area (Å²) in [4.78, 5) is 15.1. The van der Waals surface area contributed by atoms with Crippen LogP contribution in [0, 0.1) is 0 Å². The number of furan rings is 2. The molecule has 10 aromatic rings. The first kappa shape index (κ1) is 26.6. The van der Waals surface area contributed by atoms with Gasteiger partial charge in [0.25, 0.3) is 0 Å². The number of hydrogen-bond acceptors (Lipinski definition) is 5. The smallest absolute Gasteiger partial charge is 0.164 e. The number of fused-ring (bicyclic) bond motifs is 7. The monoisotopic (exact) mass is 615 g/mol. The van der Waals surface area contributed by atoms with Gasteiger partial charge in [-0.15, -0.1) is 0 Å². The van der Waals surface area contributed by atoms with Crippen molar-refractivity contribution < 1.29 is 8.83 Å². The van der Waals surface area contributed by atoms with Crippen molar-refractivity contribution >= 4 is 54.6 Å². The van der Waals surface area contributed by atoms with Crippen LogP contribution in [0.1, 0.15) is 0 Å². The Morgan fingerprint density at radius 1 is 0.375 bits per heavy atom. The first-order valence-electron chi connectivity index (χ1n) is 15.9. The Morgan fingerprint density at radius 3 is 1.58 bits per heavy atom. The normalized spacial score (nSPS) is 11.8. The molecule has 0 saturated heterocycles. The van der Waals surface area contributed by atoms with Crippen LogP contribution in [0.15, 0.2) is 160 Å². The zero-order valence-corrected chi connectivity index (χ0v) is 25.6. The lowest BCUT2D eigenvalue weighted by Crippen LogP contribution is -2.00. The Kier molecular flexibility index (Phi) is 5.81. The van der Waals surface area contributed by atoms with Gasteiger partial charge in [-0.05, 0) is 41.1 Å². The molecule has 5 nitrogen and oxygen atoms in total. The second-order valence-corrected chi connectivity index (χ2v) is 11.9. The standard InChI is InChI=1S/C43H25N3O2/c1-3-13-26(14-4-1)41-44-42(27-15-5-2-6-16-27)46-43(45-41)33-24-23-32(40-38(33)30-19-9-12-22-35(30)48-40)37-29-18-8-7-17-28(29)25-36-39(37)31-20-10-11-21-34(31)47-36/h1-25H. The molecule has 0 amide bonds. The Hall–Kier alpha value is -6.59. The predicted molar refractivity (Wildman–Crippen MR) is 194 cm³/mol. The maximum absolute atomic E-state index is 6.81. The molecular formula is C43H25N3O2. The molecule has 0 bridgehead atoms. The van der Waals surface area contributed by atoms with Gasteiger partial charge in [-0.25, -0.2) is 15.0 Å². The summed E-state index contributed by atoms with van der Waals surface area (Å²) in [5.74, 6) is 1.82. The van der Waals surface area contributed by atoms with E-state index >= 15 is 0 Å². The van der Waals surface area contributed by atoms with Crippen LogP contribution < -0.4 is 0 Å². The first-order chi connectivity index (χ1) is 23.8. The molecule has 0 unspecified atom stereocenters. The lowest BCUT2D eigenvalue weighted by molar-refractivity contribution is 0.669. The van der Waals surface area contributed by atoms with E-state index in [-0.39, 0.29) is 0 Å². The summed E-state index contributed by atoms with van der Waals surface area (Å²) in [5, 5.41) is 6.33. The maximum Gasteiger partial charge on any atom is 0.164 e. The van der Waals surface area contributed by atoms with Crippen molar-refractivity contribution in [2.45, 2.75) is 0 Å². The van der Waals surface area contributed by atoms with E-state index in [1.807, 2.05) is 91.0 Å². The van der Waals surface area contributed by atoms with Crippen LogP contribution in [0.4, 0.5) is 0 Å². The summed E-state index contributed by atoms with van der Waals surface area (Å²) in [6, 6.07) is 51.4. The number of para-hydroxylation sites is 2. The van der Waals surface area contributed by atoms with Gasteiger partial charge in [0, 0.05) is 49.4 Å². The zero-order valence-electron chi connectivity index (χ0n) is 25.6. The van der Waals surface area contributed by atoms with Crippen LogP contribution >= 0.6 is 0 Å². The summed E-state index contributed by atoms with van der Waals surface area (Å²) in [7, 11) is 0. The largest absolute Gasteiger partial charge is 0.456 e. The molecule has 0 spiro atoms. The Morgan fingerprint density at radius 2 is 0.896 bits per heavy atom.